The van der Waals surface area contributed by atoms with Gasteiger partial charge in [-0.25, -0.2) is 4.79 Å². The molecule has 3 heteroatoms. The van der Waals surface area contributed by atoms with E-state index in [0.29, 0.717) is 17.7 Å². The molecule has 0 unspecified atom stereocenters. The van der Waals surface area contributed by atoms with Crippen molar-refractivity contribution in [2.75, 3.05) is 6.61 Å². The second-order valence-electron chi connectivity index (χ2n) is 3.78. The molecular formula is C14H16O3. The number of ether oxygens (including phenoxy) is 1. The number of carbonyl (C=O) groups excluding carboxylic acids is 2. The Labute approximate surface area is 101 Å². The third-order valence-electron chi connectivity index (χ3n) is 2.28. The molecule has 0 aliphatic heterocycles. The summed E-state index contributed by atoms with van der Waals surface area (Å²) < 4.78 is 4.80. The molecule has 1 aromatic rings. The maximum atomic E-state index is 11.8. The molecule has 0 bridgehead atoms. The Bertz CT molecular complexity index is 441. The van der Waals surface area contributed by atoms with E-state index in [2.05, 4.69) is 0 Å². The van der Waals surface area contributed by atoms with Crippen LogP contribution in [0.1, 0.15) is 29.8 Å². The molecular weight excluding hydrogens is 216 g/mol. The van der Waals surface area contributed by atoms with Crippen LogP contribution in [0, 0.1) is 6.92 Å². The fraction of sp³-hybridized carbons (Fsp3) is 0.286. The van der Waals surface area contributed by atoms with E-state index in [9.17, 15) is 9.59 Å². The van der Waals surface area contributed by atoms with Crippen LogP contribution in [0.15, 0.2) is 35.9 Å². The van der Waals surface area contributed by atoms with E-state index in [1.165, 1.54) is 6.08 Å². The third-order valence-corrected chi connectivity index (χ3v) is 2.28. The number of ketones is 1. The lowest BCUT2D eigenvalue weighted by Crippen LogP contribution is -2.07. The number of esters is 1. The van der Waals surface area contributed by atoms with Gasteiger partial charge in [-0.05, 0) is 26.8 Å². The first-order valence-corrected chi connectivity index (χ1v) is 5.51. The van der Waals surface area contributed by atoms with Crippen molar-refractivity contribution >= 4 is 11.8 Å². The molecule has 17 heavy (non-hydrogen) atoms. The van der Waals surface area contributed by atoms with Gasteiger partial charge in [-0.2, -0.15) is 0 Å². The van der Waals surface area contributed by atoms with E-state index in [1.54, 1.807) is 26.0 Å². The van der Waals surface area contributed by atoms with Crippen molar-refractivity contribution in [2.24, 2.45) is 0 Å². The molecule has 0 saturated heterocycles. The minimum absolute atomic E-state index is 0.185. The SMILES string of the molecule is CCOC(=O)/C(C)=C/C(=O)c1ccc(C)cc1. The molecule has 0 aliphatic carbocycles. The predicted octanol–water partition coefficient (Wildman–Crippen LogP) is 2.69. The highest BCUT2D eigenvalue weighted by molar-refractivity contribution is 6.08. The second-order valence-corrected chi connectivity index (χ2v) is 3.78. The van der Waals surface area contributed by atoms with Gasteiger partial charge in [-0.1, -0.05) is 29.8 Å². The third kappa shape index (κ3) is 3.87. The van der Waals surface area contributed by atoms with E-state index >= 15 is 0 Å². The molecule has 0 heterocycles. The molecule has 3 nitrogen and oxygen atoms in total. The Kier molecular flexibility index (Phi) is 4.64. The average molecular weight is 232 g/mol. The minimum atomic E-state index is -0.451. The van der Waals surface area contributed by atoms with E-state index in [4.69, 9.17) is 4.74 Å². The van der Waals surface area contributed by atoms with Crippen LogP contribution in [0.3, 0.4) is 0 Å². The van der Waals surface area contributed by atoms with Gasteiger partial charge in [0.15, 0.2) is 5.78 Å². The van der Waals surface area contributed by atoms with E-state index < -0.39 is 5.97 Å². The van der Waals surface area contributed by atoms with Crippen molar-refractivity contribution in [1.29, 1.82) is 0 Å². The monoisotopic (exact) mass is 232 g/mol. The molecule has 0 radical (unpaired) electrons. The molecule has 0 aliphatic rings. The summed E-state index contributed by atoms with van der Waals surface area (Å²) in [6, 6.07) is 7.21. The summed E-state index contributed by atoms with van der Waals surface area (Å²) in [5.74, 6) is -0.636. The molecule has 0 amide bonds. The van der Waals surface area contributed by atoms with E-state index in [0.717, 1.165) is 5.56 Å². The maximum Gasteiger partial charge on any atom is 0.333 e. The highest BCUT2D eigenvalue weighted by Gasteiger charge is 2.08. The fourth-order valence-corrected chi connectivity index (χ4v) is 1.30. The Morgan fingerprint density at radius 2 is 1.82 bits per heavy atom. The van der Waals surface area contributed by atoms with Crippen LogP contribution in [0.4, 0.5) is 0 Å². The quantitative estimate of drug-likeness (QED) is 0.455. The Balaban J connectivity index is 2.81. The van der Waals surface area contributed by atoms with Crippen LogP contribution in [-0.4, -0.2) is 18.4 Å². The number of hydrogen-bond acceptors (Lipinski definition) is 3. The summed E-state index contributed by atoms with van der Waals surface area (Å²) in [6.07, 6.45) is 1.31. The lowest BCUT2D eigenvalue weighted by molar-refractivity contribution is -0.138. The fourth-order valence-electron chi connectivity index (χ4n) is 1.30. The van der Waals surface area contributed by atoms with Gasteiger partial charge in [0.1, 0.15) is 0 Å². The average Bonchev–Trinajstić information content (AvgIpc) is 2.30. The zero-order valence-electron chi connectivity index (χ0n) is 10.3. The second kappa shape index (κ2) is 5.99. The molecule has 0 aromatic heterocycles. The predicted molar refractivity (Wildman–Crippen MR) is 65.9 cm³/mol. The van der Waals surface area contributed by atoms with Gasteiger partial charge >= 0.3 is 5.97 Å². The molecule has 1 rings (SSSR count). The summed E-state index contributed by atoms with van der Waals surface area (Å²) in [7, 11) is 0. The number of rotatable bonds is 4. The van der Waals surface area contributed by atoms with Crippen molar-refractivity contribution in [3.8, 4) is 0 Å². The molecule has 0 fully saturated rings. The van der Waals surface area contributed by atoms with Crippen LogP contribution in [0.5, 0.6) is 0 Å². The molecule has 0 spiro atoms. The smallest absolute Gasteiger partial charge is 0.333 e. The van der Waals surface area contributed by atoms with E-state index in [-0.39, 0.29) is 5.78 Å². The first kappa shape index (κ1) is 13.2. The molecule has 90 valence electrons. The Hall–Kier alpha value is -1.90. The first-order chi connectivity index (χ1) is 8.04. The van der Waals surface area contributed by atoms with Gasteiger partial charge in [0, 0.05) is 11.1 Å². The number of hydrogen-bond donors (Lipinski definition) is 0. The number of aryl methyl sites for hydroxylation is 1. The molecule has 0 saturated carbocycles. The minimum Gasteiger partial charge on any atom is -0.463 e. The lowest BCUT2D eigenvalue weighted by Gasteiger charge is -2.01. The first-order valence-electron chi connectivity index (χ1n) is 5.51. The zero-order valence-corrected chi connectivity index (χ0v) is 10.3. The highest BCUT2D eigenvalue weighted by atomic mass is 16.5. The summed E-state index contributed by atoms with van der Waals surface area (Å²) in [5.41, 5.74) is 1.98. The molecule has 0 N–H and O–H groups in total. The molecule has 0 atom stereocenters. The summed E-state index contributed by atoms with van der Waals surface area (Å²) in [4.78, 5) is 23.1. The number of allylic oxidation sites excluding steroid dienone is 1. The van der Waals surface area contributed by atoms with E-state index in [1.807, 2.05) is 19.1 Å². The van der Waals surface area contributed by atoms with Crippen LogP contribution < -0.4 is 0 Å². The lowest BCUT2D eigenvalue weighted by atomic mass is 10.1. The highest BCUT2D eigenvalue weighted by Crippen LogP contribution is 2.07. The van der Waals surface area contributed by atoms with Crippen LogP contribution >= 0.6 is 0 Å². The van der Waals surface area contributed by atoms with Gasteiger partial charge in [0.25, 0.3) is 0 Å². The number of benzene rings is 1. The van der Waals surface area contributed by atoms with Gasteiger partial charge in [0.05, 0.1) is 6.61 Å². The number of carbonyl (C=O) groups is 2. The van der Waals surface area contributed by atoms with Crippen LogP contribution in [0.2, 0.25) is 0 Å². The molecule has 1 aromatic carbocycles. The van der Waals surface area contributed by atoms with Crippen molar-refractivity contribution in [2.45, 2.75) is 20.8 Å². The largest absolute Gasteiger partial charge is 0.463 e. The van der Waals surface area contributed by atoms with Crippen molar-refractivity contribution in [1.82, 2.24) is 0 Å². The topological polar surface area (TPSA) is 43.4 Å². The normalized spacial score (nSPS) is 11.1. The summed E-state index contributed by atoms with van der Waals surface area (Å²) in [5, 5.41) is 0. The Morgan fingerprint density at radius 3 is 2.35 bits per heavy atom. The van der Waals surface area contributed by atoms with Crippen LogP contribution in [-0.2, 0) is 9.53 Å². The maximum absolute atomic E-state index is 11.8. The zero-order chi connectivity index (χ0) is 12.8. The Morgan fingerprint density at radius 1 is 1.24 bits per heavy atom. The summed E-state index contributed by atoms with van der Waals surface area (Å²) >= 11 is 0. The standard InChI is InChI=1S/C14H16O3/c1-4-17-14(16)11(3)9-13(15)12-7-5-10(2)6-8-12/h5-9H,4H2,1-3H3/b11-9+. The van der Waals surface area contributed by atoms with Crippen LogP contribution in [0.25, 0.3) is 0 Å². The van der Waals surface area contributed by atoms with Crippen molar-refractivity contribution in [3.63, 3.8) is 0 Å². The van der Waals surface area contributed by atoms with Crippen molar-refractivity contribution in [3.05, 3.63) is 47.0 Å². The van der Waals surface area contributed by atoms with Crippen molar-refractivity contribution < 1.29 is 14.3 Å². The van der Waals surface area contributed by atoms with Gasteiger partial charge in [0.2, 0.25) is 0 Å². The van der Waals surface area contributed by atoms with Gasteiger partial charge in [-0.15, -0.1) is 0 Å². The van der Waals surface area contributed by atoms with Gasteiger partial charge in [-0.3, -0.25) is 4.79 Å². The van der Waals surface area contributed by atoms with Gasteiger partial charge < -0.3 is 4.74 Å². The summed E-state index contributed by atoms with van der Waals surface area (Å²) in [6.45, 7) is 5.56.